The van der Waals surface area contributed by atoms with E-state index in [4.69, 9.17) is 4.74 Å². The molecule has 3 unspecified atom stereocenters. The summed E-state index contributed by atoms with van der Waals surface area (Å²) in [4.78, 5) is 2.15. The van der Waals surface area contributed by atoms with Crippen molar-refractivity contribution in [1.82, 2.24) is 0 Å². The summed E-state index contributed by atoms with van der Waals surface area (Å²) >= 11 is 0. The first-order valence-electron chi connectivity index (χ1n) is 8.07. The van der Waals surface area contributed by atoms with E-state index in [2.05, 4.69) is 63.3 Å². The van der Waals surface area contributed by atoms with Crippen LogP contribution in [0.15, 0.2) is 18.2 Å². The molecule has 1 saturated heterocycles. The second-order valence-corrected chi connectivity index (χ2v) is 7.43. The van der Waals surface area contributed by atoms with E-state index in [0.717, 1.165) is 6.61 Å². The molecule has 0 aromatic heterocycles. The van der Waals surface area contributed by atoms with Crippen molar-refractivity contribution in [3.05, 3.63) is 23.8 Å². The summed E-state index contributed by atoms with van der Waals surface area (Å²) in [5, 5.41) is 3.80. The summed E-state index contributed by atoms with van der Waals surface area (Å²) in [7, 11) is 4.17. The fraction of sp³-hybridized carbons (Fsp3) is 0.667. The molecule has 0 amide bonds. The van der Waals surface area contributed by atoms with Crippen molar-refractivity contribution in [1.29, 1.82) is 0 Å². The van der Waals surface area contributed by atoms with Crippen LogP contribution in [0.4, 0.5) is 11.4 Å². The number of benzene rings is 1. The van der Waals surface area contributed by atoms with Crippen LogP contribution >= 0.6 is 0 Å². The third kappa shape index (κ3) is 2.42. The van der Waals surface area contributed by atoms with Crippen LogP contribution in [0.1, 0.15) is 32.3 Å². The summed E-state index contributed by atoms with van der Waals surface area (Å²) in [5.74, 6) is 0.668. The van der Waals surface area contributed by atoms with Crippen molar-refractivity contribution in [3.8, 4) is 0 Å². The molecular formula is C18H28N2O. The van der Waals surface area contributed by atoms with Gasteiger partial charge in [0.2, 0.25) is 0 Å². The van der Waals surface area contributed by atoms with Crippen LogP contribution in [-0.4, -0.2) is 32.8 Å². The summed E-state index contributed by atoms with van der Waals surface area (Å²) in [6.07, 6.45) is 2.93. The highest BCUT2D eigenvalue weighted by atomic mass is 16.5. The number of fused-ring (bicyclic) bond motifs is 1. The highest BCUT2D eigenvalue weighted by molar-refractivity contribution is 5.60. The molecule has 1 aromatic rings. The Balaban J connectivity index is 1.77. The van der Waals surface area contributed by atoms with Crippen LogP contribution in [0, 0.1) is 18.3 Å². The molecule has 21 heavy (non-hydrogen) atoms. The van der Waals surface area contributed by atoms with E-state index in [1.165, 1.54) is 29.8 Å². The minimum absolute atomic E-state index is 0.220. The van der Waals surface area contributed by atoms with Gasteiger partial charge >= 0.3 is 0 Å². The Morgan fingerprint density at radius 1 is 1.29 bits per heavy atom. The summed E-state index contributed by atoms with van der Waals surface area (Å²) < 4.78 is 5.99. The zero-order valence-corrected chi connectivity index (χ0v) is 13.9. The molecule has 3 atom stereocenters. The van der Waals surface area contributed by atoms with Crippen LogP contribution in [0.25, 0.3) is 0 Å². The maximum Gasteiger partial charge on any atom is 0.0693 e. The van der Waals surface area contributed by atoms with E-state index in [1.54, 1.807) is 0 Å². The molecule has 0 radical (unpaired) electrons. The largest absolute Gasteiger partial charge is 0.381 e. The van der Waals surface area contributed by atoms with Gasteiger partial charge in [0.05, 0.1) is 6.10 Å². The van der Waals surface area contributed by atoms with E-state index in [-0.39, 0.29) is 5.41 Å². The number of ether oxygens (including phenoxy) is 1. The van der Waals surface area contributed by atoms with Gasteiger partial charge in [0.25, 0.3) is 0 Å². The lowest BCUT2D eigenvalue weighted by Gasteiger charge is -2.60. The van der Waals surface area contributed by atoms with Crippen molar-refractivity contribution in [3.63, 3.8) is 0 Å². The minimum atomic E-state index is 0.220. The van der Waals surface area contributed by atoms with E-state index in [0.29, 0.717) is 18.1 Å². The highest BCUT2D eigenvalue weighted by Crippen LogP contribution is 2.52. The molecule has 116 valence electrons. The molecule has 0 spiro atoms. The Hall–Kier alpha value is -1.22. The average molecular weight is 288 g/mol. The van der Waals surface area contributed by atoms with Gasteiger partial charge in [-0.15, -0.1) is 0 Å². The van der Waals surface area contributed by atoms with Crippen LogP contribution in [0.5, 0.6) is 0 Å². The lowest BCUT2D eigenvalue weighted by atomic mass is 9.55. The van der Waals surface area contributed by atoms with Crippen molar-refractivity contribution in [2.45, 2.75) is 45.8 Å². The number of hydrogen-bond acceptors (Lipinski definition) is 3. The second kappa shape index (κ2) is 5.20. The maximum absolute atomic E-state index is 5.99. The molecule has 3 heteroatoms. The monoisotopic (exact) mass is 288 g/mol. The summed E-state index contributed by atoms with van der Waals surface area (Å²) in [6.45, 7) is 7.80. The molecule has 1 aromatic carbocycles. The van der Waals surface area contributed by atoms with Crippen LogP contribution < -0.4 is 10.2 Å². The number of nitrogens with one attached hydrogen (secondary N) is 1. The van der Waals surface area contributed by atoms with Crippen LogP contribution in [0.3, 0.4) is 0 Å². The number of hydrogen-bond donors (Lipinski definition) is 1. The first kappa shape index (κ1) is 14.7. The van der Waals surface area contributed by atoms with E-state index < -0.39 is 0 Å². The molecule has 1 aliphatic heterocycles. The predicted octanol–water partition coefficient (Wildman–Crippen LogP) is 3.68. The van der Waals surface area contributed by atoms with Gasteiger partial charge in [-0.1, -0.05) is 13.8 Å². The van der Waals surface area contributed by atoms with Crippen molar-refractivity contribution < 1.29 is 4.74 Å². The standard InChI is InChI=1S/C18H28N2O/c1-12-11-13(20(4)5)8-9-15(12)19-16-14-7-6-10-21-17(14)18(16,2)3/h8-9,11,14,16-17,19H,6-7,10H2,1-5H3. The Morgan fingerprint density at radius 2 is 2.05 bits per heavy atom. The number of aryl methyl sites for hydroxylation is 1. The summed E-state index contributed by atoms with van der Waals surface area (Å²) in [5.41, 5.74) is 4.06. The van der Waals surface area contributed by atoms with Gasteiger partial charge in [-0.2, -0.15) is 0 Å². The Labute approximate surface area is 128 Å². The molecule has 2 fully saturated rings. The lowest BCUT2D eigenvalue weighted by molar-refractivity contribution is -0.177. The fourth-order valence-electron chi connectivity index (χ4n) is 4.07. The predicted molar refractivity (Wildman–Crippen MR) is 89.2 cm³/mol. The van der Waals surface area contributed by atoms with Gasteiger partial charge in [0.15, 0.2) is 0 Å². The SMILES string of the molecule is Cc1cc(N(C)C)ccc1NC1C2CCCOC2C1(C)C. The zero-order valence-electron chi connectivity index (χ0n) is 13.9. The Bertz CT molecular complexity index is 524. The molecule has 1 N–H and O–H groups in total. The van der Waals surface area contributed by atoms with Gasteiger partial charge in [-0.25, -0.2) is 0 Å². The molecule has 2 aliphatic rings. The Kier molecular flexibility index (Phi) is 3.64. The van der Waals surface area contributed by atoms with Gasteiger partial charge in [-0.05, 0) is 43.5 Å². The number of rotatable bonds is 3. The molecule has 1 saturated carbocycles. The first-order valence-corrected chi connectivity index (χ1v) is 8.07. The van der Waals surface area contributed by atoms with Crippen molar-refractivity contribution in [2.24, 2.45) is 11.3 Å². The van der Waals surface area contributed by atoms with E-state index >= 15 is 0 Å². The summed E-state index contributed by atoms with van der Waals surface area (Å²) in [6, 6.07) is 7.18. The average Bonchev–Trinajstić information content (AvgIpc) is 2.45. The topological polar surface area (TPSA) is 24.5 Å². The third-order valence-electron chi connectivity index (χ3n) is 5.37. The lowest BCUT2D eigenvalue weighted by Crippen LogP contribution is -2.67. The normalized spacial score (nSPS) is 30.2. The van der Waals surface area contributed by atoms with Gasteiger partial charge in [-0.3, -0.25) is 0 Å². The second-order valence-electron chi connectivity index (χ2n) is 7.43. The molecule has 1 heterocycles. The Morgan fingerprint density at radius 3 is 2.71 bits per heavy atom. The third-order valence-corrected chi connectivity index (χ3v) is 5.37. The van der Waals surface area contributed by atoms with Crippen LogP contribution in [-0.2, 0) is 4.74 Å². The number of nitrogens with zero attached hydrogens (tertiary/aromatic N) is 1. The van der Waals surface area contributed by atoms with Gasteiger partial charge in [0.1, 0.15) is 0 Å². The smallest absolute Gasteiger partial charge is 0.0693 e. The van der Waals surface area contributed by atoms with Gasteiger partial charge < -0.3 is 15.0 Å². The molecule has 1 aliphatic carbocycles. The zero-order chi connectivity index (χ0) is 15.2. The van der Waals surface area contributed by atoms with E-state index in [1.807, 2.05) is 0 Å². The molecular weight excluding hydrogens is 260 g/mol. The highest BCUT2D eigenvalue weighted by Gasteiger charge is 2.57. The van der Waals surface area contributed by atoms with Crippen molar-refractivity contribution in [2.75, 3.05) is 30.9 Å². The van der Waals surface area contributed by atoms with Gasteiger partial charge in [0, 0.05) is 49.5 Å². The van der Waals surface area contributed by atoms with E-state index in [9.17, 15) is 0 Å². The van der Waals surface area contributed by atoms with Crippen LogP contribution in [0.2, 0.25) is 0 Å². The number of anilines is 2. The fourth-order valence-corrected chi connectivity index (χ4v) is 4.07. The quantitative estimate of drug-likeness (QED) is 0.918. The molecule has 3 rings (SSSR count). The maximum atomic E-state index is 5.99. The minimum Gasteiger partial charge on any atom is -0.381 e. The van der Waals surface area contributed by atoms with Crippen molar-refractivity contribution >= 4 is 11.4 Å². The molecule has 3 nitrogen and oxygen atoms in total. The molecule has 0 bridgehead atoms. The first-order chi connectivity index (χ1) is 9.91.